The Labute approximate surface area is 127 Å². The Hall–Kier alpha value is -2.40. The maximum Gasteiger partial charge on any atom is 0.231 e. The first-order valence-corrected chi connectivity index (χ1v) is 6.66. The van der Waals surface area contributed by atoms with Crippen molar-refractivity contribution < 1.29 is 14.2 Å². The average molecular weight is 305 g/mol. The second-order valence-electron chi connectivity index (χ2n) is 4.33. The molecule has 0 atom stereocenters. The normalized spacial score (nSPS) is 12.7. The molecule has 0 amide bonds. The Balaban J connectivity index is 1.75. The minimum Gasteiger partial charge on any atom is -0.493 e. The lowest BCUT2D eigenvalue weighted by Gasteiger charge is -2.05. The van der Waals surface area contributed by atoms with E-state index in [1.54, 1.807) is 25.5 Å². The zero-order valence-corrected chi connectivity index (χ0v) is 12.1. The molecule has 5 nitrogen and oxygen atoms in total. The Morgan fingerprint density at radius 3 is 2.81 bits per heavy atom. The predicted octanol–water partition coefficient (Wildman–Crippen LogP) is 3.52. The lowest BCUT2D eigenvalue weighted by Crippen LogP contribution is -1.93. The monoisotopic (exact) mass is 304 g/mol. The highest BCUT2D eigenvalue weighted by molar-refractivity contribution is 6.30. The Morgan fingerprint density at radius 2 is 2.05 bits per heavy atom. The lowest BCUT2D eigenvalue weighted by molar-refractivity contribution is 0.171. The van der Waals surface area contributed by atoms with Crippen LogP contribution < -0.4 is 19.6 Å². The first-order valence-electron chi connectivity index (χ1n) is 6.28. The van der Waals surface area contributed by atoms with Gasteiger partial charge in [-0.15, -0.1) is 0 Å². The van der Waals surface area contributed by atoms with Crippen LogP contribution in [0.4, 0.5) is 5.69 Å². The van der Waals surface area contributed by atoms with Gasteiger partial charge in [0.15, 0.2) is 11.5 Å². The summed E-state index contributed by atoms with van der Waals surface area (Å²) in [5.74, 6) is 1.90. The van der Waals surface area contributed by atoms with Crippen molar-refractivity contribution in [3.05, 3.63) is 47.0 Å². The fourth-order valence-electron chi connectivity index (χ4n) is 1.93. The molecule has 1 aliphatic rings. The van der Waals surface area contributed by atoms with E-state index in [1.807, 2.05) is 24.3 Å². The Bertz CT molecular complexity index is 671. The number of anilines is 1. The van der Waals surface area contributed by atoms with E-state index in [0.717, 1.165) is 11.3 Å². The van der Waals surface area contributed by atoms with Crippen LogP contribution in [0, 0.1) is 0 Å². The molecular formula is C15H13ClN2O3. The molecule has 1 aliphatic heterocycles. The number of hydrogen-bond acceptors (Lipinski definition) is 5. The second kappa shape index (κ2) is 5.93. The van der Waals surface area contributed by atoms with Crippen molar-refractivity contribution in [2.75, 3.05) is 19.3 Å². The third kappa shape index (κ3) is 3.03. The third-order valence-corrected chi connectivity index (χ3v) is 3.18. The quantitative estimate of drug-likeness (QED) is 0.693. The molecule has 0 saturated heterocycles. The van der Waals surface area contributed by atoms with E-state index in [2.05, 4.69) is 10.5 Å². The number of benzene rings is 2. The first-order chi connectivity index (χ1) is 10.3. The summed E-state index contributed by atoms with van der Waals surface area (Å²) in [4.78, 5) is 0. The molecule has 0 radical (unpaired) electrons. The van der Waals surface area contributed by atoms with Crippen molar-refractivity contribution in [2.45, 2.75) is 0 Å². The molecule has 108 valence electrons. The summed E-state index contributed by atoms with van der Waals surface area (Å²) >= 11 is 5.82. The molecule has 1 heterocycles. The zero-order valence-electron chi connectivity index (χ0n) is 11.3. The first kappa shape index (κ1) is 13.6. The zero-order chi connectivity index (χ0) is 14.7. The number of hydrogen-bond donors (Lipinski definition) is 1. The van der Waals surface area contributed by atoms with Crippen LogP contribution in [-0.4, -0.2) is 20.1 Å². The highest BCUT2D eigenvalue weighted by Gasteiger charge is 2.19. The summed E-state index contributed by atoms with van der Waals surface area (Å²) in [6, 6.07) is 11.0. The number of fused-ring (bicyclic) bond motifs is 1. The summed E-state index contributed by atoms with van der Waals surface area (Å²) in [6.07, 6.45) is 1.68. The van der Waals surface area contributed by atoms with Crippen molar-refractivity contribution in [3.8, 4) is 17.2 Å². The van der Waals surface area contributed by atoms with E-state index in [4.69, 9.17) is 25.8 Å². The van der Waals surface area contributed by atoms with Crippen LogP contribution in [-0.2, 0) is 0 Å². The van der Waals surface area contributed by atoms with E-state index >= 15 is 0 Å². The van der Waals surface area contributed by atoms with Gasteiger partial charge in [0.2, 0.25) is 12.5 Å². The van der Waals surface area contributed by atoms with Crippen molar-refractivity contribution in [2.24, 2.45) is 5.10 Å². The van der Waals surface area contributed by atoms with Gasteiger partial charge in [0, 0.05) is 10.6 Å². The molecule has 0 spiro atoms. The molecule has 2 aromatic carbocycles. The number of halogens is 1. The number of methoxy groups -OCH3 is 1. The molecule has 0 saturated carbocycles. The van der Waals surface area contributed by atoms with Crippen LogP contribution in [0.5, 0.6) is 17.2 Å². The number of ether oxygens (including phenoxy) is 3. The number of nitrogens with one attached hydrogen (secondary N) is 1. The van der Waals surface area contributed by atoms with Crippen LogP contribution >= 0.6 is 11.6 Å². The standard InChI is InChI=1S/C15H13ClN2O3/c1-19-13-6-10(7-14-15(13)21-9-20-14)8-17-18-12-4-2-11(16)3-5-12/h2-8,18H,9H2,1H3/b17-8-. The van der Waals surface area contributed by atoms with Gasteiger partial charge in [0.1, 0.15) is 0 Å². The van der Waals surface area contributed by atoms with Gasteiger partial charge >= 0.3 is 0 Å². The lowest BCUT2D eigenvalue weighted by atomic mass is 10.2. The van der Waals surface area contributed by atoms with Gasteiger partial charge in [-0.05, 0) is 36.4 Å². The molecule has 0 fully saturated rings. The van der Waals surface area contributed by atoms with Gasteiger partial charge in [-0.25, -0.2) is 0 Å². The third-order valence-electron chi connectivity index (χ3n) is 2.93. The molecular weight excluding hydrogens is 292 g/mol. The number of nitrogens with zero attached hydrogens (tertiary/aromatic N) is 1. The largest absolute Gasteiger partial charge is 0.493 e. The summed E-state index contributed by atoms with van der Waals surface area (Å²) in [7, 11) is 1.59. The molecule has 0 aliphatic carbocycles. The van der Waals surface area contributed by atoms with Crippen molar-refractivity contribution in [3.63, 3.8) is 0 Å². The Morgan fingerprint density at radius 1 is 1.24 bits per heavy atom. The predicted molar refractivity (Wildman–Crippen MR) is 81.8 cm³/mol. The summed E-state index contributed by atoms with van der Waals surface area (Å²) in [5, 5.41) is 4.86. The molecule has 0 aromatic heterocycles. The van der Waals surface area contributed by atoms with E-state index in [1.165, 1.54) is 0 Å². The van der Waals surface area contributed by atoms with Crippen molar-refractivity contribution in [1.29, 1.82) is 0 Å². The molecule has 0 unspecified atom stereocenters. The molecule has 21 heavy (non-hydrogen) atoms. The van der Waals surface area contributed by atoms with Crippen molar-refractivity contribution >= 4 is 23.5 Å². The van der Waals surface area contributed by atoms with Crippen LogP contribution in [0.3, 0.4) is 0 Å². The van der Waals surface area contributed by atoms with Crippen LogP contribution in [0.2, 0.25) is 5.02 Å². The summed E-state index contributed by atoms with van der Waals surface area (Å²) in [5.41, 5.74) is 4.62. The fourth-order valence-corrected chi connectivity index (χ4v) is 2.06. The highest BCUT2D eigenvalue weighted by Crippen LogP contribution is 2.41. The minimum absolute atomic E-state index is 0.204. The van der Waals surface area contributed by atoms with Gasteiger partial charge in [-0.3, -0.25) is 5.43 Å². The molecule has 1 N–H and O–H groups in total. The second-order valence-corrected chi connectivity index (χ2v) is 4.77. The maximum absolute atomic E-state index is 5.82. The number of hydrazone groups is 1. The van der Waals surface area contributed by atoms with E-state index in [-0.39, 0.29) is 6.79 Å². The van der Waals surface area contributed by atoms with Gasteiger partial charge in [0.05, 0.1) is 19.0 Å². The molecule has 6 heteroatoms. The minimum atomic E-state index is 0.204. The van der Waals surface area contributed by atoms with Gasteiger partial charge in [-0.2, -0.15) is 5.10 Å². The smallest absolute Gasteiger partial charge is 0.231 e. The fraction of sp³-hybridized carbons (Fsp3) is 0.133. The molecule has 3 rings (SSSR count). The van der Waals surface area contributed by atoms with Gasteiger partial charge in [-0.1, -0.05) is 11.6 Å². The summed E-state index contributed by atoms with van der Waals surface area (Å²) in [6.45, 7) is 0.204. The van der Waals surface area contributed by atoms with E-state index in [9.17, 15) is 0 Å². The van der Waals surface area contributed by atoms with Crippen LogP contribution in [0.15, 0.2) is 41.5 Å². The molecule has 2 aromatic rings. The topological polar surface area (TPSA) is 52.1 Å². The average Bonchev–Trinajstić information content (AvgIpc) is 2.97. The van der Waals surface area contributed by atoms with E-state index in [0.29, 0.717) is 22.3 Å². The SMILES string of the molecule is COc1cc(/C=N\Nc2ccc(Cl)cc2)cc2c1OCO2. The van der Waals surface area contributed by atoms with Gasteiger partial charge in [0.25, 0.3) is 0 Å². The highest BCUT2D eigenvalue weighted by atomic mass is 35.5. The summed E-state index contributed by atoms with van der Waals surface area (Å²) < 4.78 is 16.0. The van der Waals surface area contributed by atoms with Crippen LogP contribution in [0.1, 0.15) is 5.56 Å². The maximum atomic E-state index is 5.82. The number of rotatable bonds is 4. The van der Waals surface area contributed by atoms with Crippen LogP contribution in [0.25, 0.3) is 0 Å². The van der Waals surface area contributed by atoms with E-state index < -0.39 is 0 Å². The molecule has 0 bridgehead atoms. The Kier molecular flexibility index (Phi) is 3.83. The van der Waals surface area contributed by atoms with Crippen molar-refractivity contribution in [1.82, 2.24) is 0 Å². The van der Waals surface area contributed by atoms with Gasteiger partial charge < -0.3 is 14.2 Å².